The topological polar surface area (TPSA) is 97.5 Å². The number of benzene rings is 1. The molecule has 0 bridgehead atoms. The van der Waals surface area contributed by atoms with E-state index >= 15 is 0 Å². The summed E-state index contributed by atoms with van der Waals surface area (Å²) in [5.41, 5.74) is 1.37. The minimum absolute atomic E-state index is 0.0563. The lowest BCUT2D eigenvalue weighted by molar-refractivity contribution is 0.00817. The van der Waals surface area contributed by atoms with Crippen LogP contribution in [0.4, 0.5) is 4.79 Å². The Kier molecular flexibility index (Phi) is 5.01. The molecular formula is C21H21BrN4O4. The number of hydrogen-bond acceptors (Lipinski definition) is 5. The predicted molar refractivity (Wildman–Crippen MR) is 114 cm³/mol. The van der Waals surface area contributed by atoms with Gasteiger partial charge in [0.2, 0.25) is 0 Å². The van der Waals surface area contributed by atoms with Gasteiger partial charge in [0.25, 0.3) is 0 Å². The Balaban J connectivity index is 1.63. The maximum atomic E-state index is 12.2. The van der Waals surface area contributed by atoms with Crippen LogP contribution in [0.3, 0.4) is 0 Å². The number of pyridine rings is 1. The van der Waals surface area contributed by atoms with E-state index < -0.39 is 11.6 Å². The summed E-state index contributed by atoms with van der Waals surface area (Å²) in [6.45, 7) is 6.50. The van der Waals surface area contributed by atoms with E-state index in [2.05, 4.69) is 26.0 Å². The standard InChI is InChI=1S/C21H21BrN4O4/c1-21(2,3)30-20(29)25-10-13(11-25)12-7-16-17(19(27)28)26(24-18(16)23-9-12)15-6-4-5-14(22)8-15/h4-9,13H,10-11H2,1-3H3,(H,27,28). The first-order chi connectivity index (χ1) is 14.1. The molecule has 1 aromatic carbocycles. The van der Waals surface area contributed by atoms with E-state index in [0.717, 1.165) is 10.0 Å². The number of hydrogen-bond donors (Lipinski definition) is 1. The first-order valence-electron chi connectivity index (χ1n) is 9.48. The molecule has 8 nitrogen and oxygen atoms in total. The highest BCUT2D eigenvalue weighted by Gasteiger charge is 2.35. The van der Waals surface area contributed by atoms with Gasteiger partial charge in [-0.15, -0.1) is 5.10 Å². The number of rotatable bonds is 3. The number of fused-ring (bicyclic) bond motifs is 1. The van der Waals surface area contributed by atoms with Gasteiger partial charge in [0.05, 0.1) is 11.1 Å². The van der Waals surface area contributed by atoms with Crippen LogP contribution in [-0.2, 0) is 4.74 Å². The molecule has 9 heteroatoms. The van der Waals surface area contributed by atoms with Crippen molar-refractivity contribution in [3.63, 3.8) is 0 Å². The number of aromatic nitrogens is 3. The van der Waals surface area contributed by atoms with Gasteiger partial charge in [0.15, 0.2) is 11.3 Å². The minimum atomic E-state index is -1.08. The maximum Gasteiger partial charge on any atom is 0.410 e. The van der Waals surface area contributed by atoms with E-state index in [1.807, 2.05) is 39.0 Å². The number of nitrogens with zero attached hydrogens (tertiary/aromatic N) is 4. The Bertz CT molecular complexity index is 1150. The summed E-state index contributed by atoms with van der Waals surface area (Å²) < 4.78 is 7.60. The predicted octanol–water partition coefficient (Wildman–Crippen LogP) is 4.22. The molecule has 2 aromatic heterocycles. The number of likely N-dealkylation sites (tertiary alicyclic amines) is 1. The molecule has 3 aromatic rings. The molecule has 0 aliphatic carbocycles. The molecule has 1 aliphatic rings. The Morgan fingerprint density at radius 1 is 1.23 bits per heavy atom. The Hall–Kier alpha value is -2.94. The summed E-state index contributed by atoms with van der Waals surface area (Å²) in [4.78, 5) is 30.2. The first-order valence-corrected chi connectivity index (χ1v) is 10.3. The van der Waals surface area contributed by atoms with Gasteiger partial charge < -0.3 is 14.7 Å². The number of aromatic carboxylic acids is 1. The third-order valence-corrected chi connectivity index (χ3v) is 5.30. The smallest absolute Gasteiger partial charge is 0.410 e. The number of carbonyl (C=O) groups is 2. The van der Waals surface area contributed by atoms with E-state index in [0.29, 0.717) is 29.8 Å². The molecule has 0 atom stereocenters. The van der Waals surface area contributed by atoms with Crippen molar-refractivity contribution in [3.8, 4) is 5.69 Å². The van der Waals surface area contributed by atoms with Crippen LogP contribution in [0.25, 0.3) is 16.7 Å². The van der Waals surface area contributed by atoms with Crippen LogP contribution in [0.15, 0.2) is 41.0 Å². The van der Waals surface area contributed by atoms with Gasteiger partial charge >= 0.3 is 12.1 Å². The Morgan fingerprint density at radius 3 is 2.60 bits per heavy atom. The number of carboxylic acids is 1. The molecule has 1 N–H and O–H groups in total. The summed E-state index contributed by atoms with van der Waals surface area (Å²) in [7, 11) is 0. The first kappa shape index (κ1) is 20.3. The van der Waals surface area contributed by atoms with Gasteiger partial charge in [0, 0.05) is 29.7 Å². The van der Waals surface area contributed by atoms with E-state index in [1.165, 1.54) is 4.68 Å². The van der Waals surface area contributed by atoms with Crippen LogP contribution in [-0.4, -0.2) is 55.5 Å². The van der Waals surface area contributed by atoms with Gasteiger partial charge in [0.1, 0.15) is 5.60 Å². The minimum Gasteiger partial charge on any atom is -0.476 e. The SMILES string of the molecule is CC(C)(C)OC(=O)N1CC(c2cnc3nn(-c4cccc(Br)c4)c(C(=O)O)c3c2)C1. The molecule has 1 aliphatic heterocycles. The molecule has 0 spiro atoms. The average Bonchev–Trinajstić information content (AvgIpc) is 2.98. The zero-order chi connectivity index (χ0) is 21.6. The van der Waals surface area contributed by atoms with Crippen LogP contribution < -0.4 is 0 Å². The Morgan fingerprint density at radius 2 is 1.97 bits per heavy atom. The number of amides is 1. The lowest BCUT2D eigenvalue weighted by Gasteiger charge is -2.39. The average molecular weight is 473 g/mol. The second-order valence-electron chi connectivity index (χ2n) is 8.27. The molecule has 0 unspecified atom stereocenters. The van der Waals surface area contributed by atoms with Gasteiger partial charge in [-0.2, -0.15) is 0 Å². The molecule has 156 valence electrons. The highest BCUT2D eigenvalue weighted by molar-refractivity contribution is 9.10. The highest BCUT2D eigenvalue weighted by Crippen LogP contribution is 2.31. The zero-order valence-electron chi connectivity index (χ0n) is 16.8. The summed E-state index contributed by atoms with van der Waals surface area (Å²) in [5.74, 6) is -1.01. The highest BCUT2D eigenvalue weighted by atomic mass is 79.9. The third-order valence-electron chi connectivity index (χ3n) is 4.81. The molecule has 1 saturated heterocycles. The molecule has 30 heavy (non-hydrogen) atoms. The zero-order valence-corrected chi connectivity index (χ0v) is 18.4. The van der Waals surface area contributed by atoms with E-state index in [4.69, 9.17) is 4.74 Å². The Labute approximate surface area is 181 Å². The lowest BCUT2D eigenvalue weighted by Crippen LogP contribution is -2.50. The van der Waals surface area contributed by atoms with Crippen molar-refractivity contribution >= 4 is 39.0 Å². The summed E-state index contributed by atoms with van der Waals surface area (Å²) >= 11 is 3.40. The van der Waals surface area contributed by atoms with Gasteiger partial charge in [-0.1, -0.05) is 22.0 Å². The second kappa shape index (κ2) is 7.39. The second-order valence-corrected chi connectivity index (χ2v) is 9.18. The largest absolute Gasteiger partial charge is 0.476 e. The van der Waals surface area contributed by atoms with Crippen molar-refractivity contribution in [2.24, 2.45) is 0 Å². The number of carboxylic acid groups (broad SMARTS) is 1. The number of halogens is 1. The van der Waals surface area contributed by atoms with Crippen LogP contribution in [0.5, 0.6) is 0 Å². The van der Waals surface area contributed by atoms with Crippen molar-refractivity contribution in [1.29, 1.82) is 0 Å². The molecule has 0 radical (unpaired) electrons. The van der Waals surface area contributed by atoms with Crippen molar-refractivity contribution in [2.45, 2.75) is 32.3 Å². The van der Waals surface area contributed by atoms with Crippen molar-refractivity contribution < 1.29 is 19.4 Å². The number of ether oxygens (including phenoxy) is 1. The molecule has 1 amide bonds. The summed E-state index contributed by atoms with van der Waals surface area (Å²) in [6.07, 6.45) is 1.35. The molecule has 3 heterocycles. The molecule has 0 saturated carbocycles. The van der Waals surface area contributed by atoms with Gasteiger partial charge in [-0.25, -0.2) is 19.3 Å². The normalized spacial score (nSPS) is 14.6. The van der Waals surface area contributed by atoms with Crippen molar-refractivity contribution in [2.75, 3.05) is 13.1 Å². The van der Waals surface area contributed by atoms with Crippen LogP contribution in [0, 0.1) is 0 Å². The molecule has 4 rings (SSSR count). The lowest BCUT2D eigenvalue weighted by atomic mass is 9.92. The monoisotopic (exact) mass is 472 g/mol. The maximum absolute atomic E-state index is 12.2. The summed E-state index contributed by atoms with van der Waals surface area (Å²) in [5, 5.41) is 14.7. The van der Waals surface area contributed by atoms with Crippen LogP contribution in [0.2, 0.25) is 0 Å². The van der Waals surface area contributed by atoms with Crippen molar-refractivity contribution in [3.05, 3.63) is 52.3 Å². The van der Waals surface area contributed by atoms with E-state index in [-0.39, 0.29) is 17.7 Å². The third kappa shape index (κ3) is 3.89. The fraction of sp³-hybridized carbons (Fsp3) is 0.333. The summed E-state index contributed by atoms with van der Waals surface area (Å²) in [6, 6.07) is 9.06. The van der Waals surface area contributed by atoms with E-state index in [1.54, 1.807) is 23.2 Å². The fourth-order valence-electron chi connectivity index (χ4n) is 3.38. The van der Waals surface area contributed by atoms with Crippen LogP contribution in [0.1, 0.15) is 42.7 Å². The van der Waals surface area contributed by atoms with Crippen molar-refractivity contribution in [1.82, 2.24) is 19.7 Å². The molecule has 1 fully saturated rings. The van der Waals surface area contributed by atoms with Gasteiger partial charge in [-0.3, -0.25) is 0 Å². The van der Waals surface area contributed by atoms with Gasteiger partial charge in [-0.05, 0) is 50.6 Å². The van der Waals surface area contributed by atoms with Crippen LogP contribution >= 0.6 is 15.9 Å². The number of carbonyl (C=O) groups excluding carboxylic acids is 1. The fourth-order valence-corrected chi connectivity index (χ4v) is 3.76. The quantitative estimate of drug-likeness (QED) is 0.612. The van der Waals surface area contributed by atoms with E-state index in [9.17, 15) is 14.7 Å². The molecular weight excluding hydrogens is 452 g/mol.